The van der Waals surface area contributed by atoms with Gasteiger partial charge in [0.15, 0.2) is 0 Å². The van der Waals surface area contributed by atoms with E-state index in [2.05, 4.69) is 11.8 Å². The number of likely N-dealkylation sites (N-methyl/N-ethyl adjacent to an activating group) is 1. The second kappa shape index (κ2) is 6.99. The van der Waals surface area contributed by atoms with Crippen LogP contribution < -0.4 is 0 Å². The molecule has 8 nitrogen and oxygen atoms in total. The number of aliphatic hydroxyl groups is 2. The van der Waals surface area contributed by atoms with E-state index in [1.165, 1.54) is 0 Å². The molecule has 5 saturated carbocycles. The maximum Gasteiger partial charge on any atom is 0.144 e. The molecule has 0 aromatic carbocycles. The molecular weight excluding hydrogens is 426 g/mol. The zero-order chi connectivity index (χ0) is 23.6. The zero-order valence-corrected chi connectivity index (χ0v) is 20.5. The van der Waals surface area contributed by atoms with E-state index in [1.54, 1.807) is 28.4 Å². The number of methoxy groups -OCH3 is 4. The van der Waals surface area contributed by atoms with Gasteiger partial charge < -0.3 is 29.2 Å². The summed E-state index contributed by atoms with van der Waals surface area (Å²) in [6.07, 6.45) is 1.53. The van der Waals surface area contributed by atoms with Gasteiger partial charge in [-0.25, -0.2) is 0 Å². The summed E-state index contributed by atoms with van der Waals surface area (Å²) in [6, 6.07) is -0.353. The summed E-state index contributed by atoms with van der Waals surface area (Å²) in [4.78, 5) is 16.1. The summed E-state index contributed by atoms with van der Waals surface area (Å²) >= 11 is 0. The second-order valence-corrected chi connectivity index (χ2v) is 11.7. The number of likely N-dealkylation sites (tertiary alicyclic amines) is 1. The van der Waals surface area contributed by atoms with Gasteiger partial charge in [0.2, 0.25) is 0 Å². The predicted molar refractivity (Wildman–Crippen MR) is 118 cm³/mol. The molecule has 0 radical (unpaired) electrons. The van der Waals surface area contributed by atoms with Gasteiger partial charge in [-0.05, 0) is 31.7 Å². The Morgan fingerprint density at radius 2 is 1.88 bits per heavy atom. The van der Waals surface area contributed by atoms with Gasteiger partial charge in [0.05, 0.1) is 36.9 Å². The van der Waals surface area contributed by atoms with E-state index in [0.29, 0.717) is 13.0 Å². The van der Waals surface area contributed by atoms with E-state index in [-0.39, 0.29) is 47.5 Å². The van der Waals surface area contributed by atoms with Crippen molar-refractivity contribution in [3.05, 3.63) is 0 Å². The van der Waals surface area contributed by atoms with Crippen LogP contribution in [0.25, 0.3) is 0 Å². The Balaban J connectivity index is 1.68. The minimum Gasteiger partial charge on any atom is -0.386 e. The Morgan fingerprint density at radius 1 is 1.12 bits per heavy atom. The van der Waals surface area contributed by atoms with Crippen LogP contribution in [0, 0.1) is 34.5 Å². The lowest BCUT2D eigenvalue weighted by molar-refractivity contribution is -0.301. The summed E-state index contributed by atoms with van der Waals surface area (Å²) < 4.78 is 24.1. The third-order valence-electron chi connectivity index (χ3n) is 11.2. The normalized spacial score (nSPS) is 58.7. The molecular formula is C25H39NO7. The van der Waals surface area contributed by atoms with Crippen LogP contribution in [0.2, 0.25) is 0 Å². The first-order chi connectivity index (χ1) is 15.8. The quantitative estimate of drug-likeness (QED) is 0.585. The number of ether oxygens (including phenoxy) is 4. The number of fused-ring (bicyclic) bond motifs is 2. The van der Waals surface area contributed by atoms with Crippen LogP contribution in [0.4, 0.5) is 0 Å². The van der Waals surface area contributed by atoms with Crippen LogP contribution in [0.15, 0.2) is 0 Å². The minimum absolute atomic E-state index is 0.0498. The summed E-state index contributed by atoms with van der Waals surface area (Å²) in [5.74, 6) is -0.972. The van der Waals surface area contributed by atoms with Crippen LogP contribution in [0.1, 0.15) is 32.6 Å². The lowest BCUT2D eigenvalue weighted by atomic mass is 9.42. The fraction of sp³-hybridized carbons (Fsp3) is 0.960. The third kappa shape index (κ3) is 2.15. The molecule has 1 saturated heterocycles. The molecule has 7 bridgehead atoms. The summed E-state index contributed by atoms with van der Waals surface area (Å²) in [5, 5.41) is 25.4. The van der Waals surface area contributed by atoms with Crippen molar-refractivity contribution in [3.63, 3.8) is 0 Å². The number of rotatable bonds is 6. The van der Waals surface area contributed by atoms with E-state index >= 15 is 0 Å². The molecule has 1 spiro atoms. The maximum atomic E-state index is 13.8. The molecule has 2 N–H and O–H groups in total. The summed E-state index contributed by atoms with van der Waals surface area (Å²) in [7, 11) is 6.75. The number of ketones is 1. The van der Waals surface area contributed by atoms with Crippen LogP contribution >= 0.6 is 0 Å². The Morgan fingerprint density at radius 3 is 2.48 bits per heavy atom. The molecule has 33 heavy (non-hydrogen) atoms. The maximum absolute atomic E-state index is 13.8. The fourth-order valence-electron chi connectivity index (χ4n) is 10.7. The van der Waals surface area contributed by atoms with Crippen molar-refractivity contribution in [2.75, 3.05) is 48.1 Å². The number of Topliss-reactive ketones (excluding diaryl/α,β-unsaturated/α-hetero) is 1. The molecule has 1 aliphatic heterocycles. The fourth-order valence-corrected chi connectivity index (χ4v) is 10.7. The molecule has 5 aliphatic carbocycles. The largest absolute Gasteiger partial charge is 0.386 e. The molecule has 1 heterocycles. The van der Waals surface area contributed by atoms with Gasteiger partial charge in [0.1, 0.15) is 17.0 Å². The van der Waals surface area contributed by atoms with Crippen LogP contribution in [0.3, 0.4) is 0 Å². The van der Waals surface area contributed by atoms with Crippen molar-refractivity contribution in [2.24, 2.45) is 34.5 Å². The van der Waals surface area contributed by atoms with Crippen molar-refractivity contribution < 1.29 is 34.0 Å². The predicted octanol–water partition coefficient (Wildman–Crippen LogP) is 0.479. The lowest BCUT2D eigenvalue weighted by Gasteiger charge is -2.69. The highest BCUT2D eigenvalue weighted by molar-refractivity contribution is 5.90. The number of carbonyl (C=O) groups excluding carboxylic acids is 1. The average Bonchev–Trinajstić information content (AvgIpc) is 3.16. The topological polar surface area (TPSA) is 97.7 Å². The number of hydrogen-bond acceptors (Lipinski definition) is 8. The molecule has 0 aromatic heterocycles. The molecule has 12 atom stereocenters. The van der Waals surface area contributed by atoms with E-state index in [0.717, 1.165) is 25.9 Å². The van der Waals surface area contributed by atoms with Gasteiger partial charge in [-0.2, -0.15) is 0 Å². The molecule has 0 aromatic rings. The highest BCUT2D eigenvalue weighted by Gasteiger charge is 2.91. The Kier molecular flexibility index (Phi) is 4.84. The van der Waals surface area contributed by atoms with Crippen LogP contribution in [0.5, 0.6) is 0 Å². The van der Waals surface area contributed by atoms with Crippen molar-refractivity contribution in [1.82, 2.24) is 4.90 Å². The van der Waals surface area contributed by atoms with Crippen LogP contribution in [-0.4, -0.2) is 105 Å². The van der Waals surface area contributed by atoms with Crippen molar-refractivity contribution in [1.29, 1.82) is 0 Å². The summed E-state index contributed by atoms with van der Waals surface area (Å²) in [5.41, 5.74) is -3.95. The highest BCUT2D eigenvalue weighted by atomic mass is 16.5. The number of piperidine rings is 1. The van der Waals surface area contributed by atoms with Crippen molar-refractivity contribution >= 4 is 5.78 Å². The van der Waals surface area contributed by atoms with E-state index < -0.39 is 34.7 Å². The van der Waals surface area contributed by atoms with Crippen LogP contribution in [-0.2, 0) is 23.7 Å². The molecule has 0 amide bonds. The van der Waals surface area contributed by atoms with Gasteiger partial charge in [-0.1, -0.05) is 6.92 Å². The first kappa shape index (κ1) is 22.8. The zero-order valence-electron chi connectivity index (χ0n) is 20.5. The van der Waals surface area contributed by atoms with Crippen molar-refractivity contribution in [2.45, 2.75) is 68.2 Å². The molecule has 186 valence electrons. The first-order valence-electron chi connectivity index (χ1n) is 12.6. The minimum atomic E-state index is -1.61. The van der Waals surface area contributed by atoms with Gasteiger partial charge in [-0.3, -0.25) is 9.69 Å². The monoisotopic (exact) mass is 465 g/mol. The Labute approximate surface area is 195 Å². The first-order valence-corrected chi connectivity index (χ1v) is 12.6. The van der Waals surface area contributed by atoms with E-state index in [4.69, 9.17) is 18.9 Å². The third-order valence-corrected chi connectivity index (χ3v) is 11.2. The smallest absolute Gasteiger partial charge is 0.144 e. The van der Waals surface area contributed by atoms with Gasteiger partial charge in [-0.15, -0.1) is 0 Å². The van der Waals surface area contributed by atoms with Crippen molar-refractivity contribution in [3.8, 4) is 0 Å². The van der Waals surface area contributed by atoms with Gasteiger partial charge >= 0.3 is 0 Å². The second-order valence-electron chi connectivity index (χ2n) is 11.7. The van der Waals surface area contributed by atoms with Gasteiger partial charge in [0.25, 0.3) is 0 Å². The lowest BCUT2D eigenvalue weighted by Crippen LogP contribution is -2.81. The average molecular weight is 466 g/mol. The Bertz CT molecular complexity index is 855. The number of carbonyl (C=O) groups is 1. The van der Waals surface area contributed by atoms with Gasteiger partial charge in [0, 0.05) is 64.1 Å². The van der Waals surface area contributed by atoms with E-state index in [9.17, 15) is 15.0 Å². The number of nitrogens with zero attached hydrogens (tertiary/aromatic N) is 1. The molecule has 6 aliphatic rings. The van der Waals surface area contributed by atoms with E-state index in [1.807, 2.05) is 0 Å². The molecule has 8 heteroatoms. The standard InChI is InChI=1S/C25H39NO7/c1-6-26-11-22(12-30-2)8-7-16(32-4)24-14-9-13-15(31-3)10-23(28,17(14)18(13)27)25(29,21(24)26)20(33-5)19(22)24/h13-17,19-21,28-29H,6-12H2,1-5H3/t13-,14-,15+,16-,17-,19-,20+,21+,22+,23-,24+,25-/m1/s1. The summed E-state index contributed by atoms with van der Waals surface area (Å²) in [6.45, 7) is 4.19. The Hall–Kier alpha value is -0.610. The molecule has 0 unspecified atom stereocenters. The molecule has 6 rings (SSSR count). The number of hydrogen-bond donors (Lipinski definition) is 2. The highest BCUT2D eigenvalue weighted by Crippen LogP contribution is 2.79. The SMILES string of the molecule is CCN1C[C@]2(COC)CC[C@@H](OC)[C@@]34[C@@H]5C[C@H]6C(=O)[C@@H]5[C@](O)(C[C@@H]6OC)[C@@](O)([C@@H](OC)[C@H]23)[C@@H]14. The molecule has 6 fully saturated rings.